The van der Waals surface area contributed by atoms with Crippen LogP contribution in [-0.2, 0) is 18.4 Å². The van der Waals surface area contributed by atoms with Gasteiger partial charge in [0.05, 0.1) is 11.0 Å². The Bertz CT molecular complexity index is 911. The molecule has 3 aromatic rings. The first-order chi connectivity index (χ1) is 10.6. The Morgan fingerprint density at radius 1 is 1.23 bits per heavy atom. The number of rotatable bonds is 3. The van der Waals surface area contributed by atoms with Crippen LogP contribution in [0.15, 0.2) is 47.4 Å². The van der Waals surface area contributed by atoms with Crippen molar-refractivity contribution in [2.24, 2.45) is 7.05 Å². The van der Waals surface area contributed by atoms with Crippen molar-refractivity contribution in [2.75, 3.05) is 5.32 Å². The number of nitrogens with zero attached hydrogens (tertiary/aromatic N) is 3. The van der Waals surface area contributed by atoms with E-state index in [-0.39, 0.29) is 23.8 Å². The Morgan fingerprint density at radius 2 is 1.95 bits per heavy atom. The number of nitrogens with one attached hydrogen (secondary N) is 1. The average Bonchev–Trinajstić information content (AvgIpc) is 2.75. The van der Waals surface area contributed by atoms with Gasteiger partial charge < -0.3 is 10.4 Å². The highest BCUT2D eigenvalue weighted by Gasteiger charge is 2.14. The maximum atomic E-state index is 12.2. The number of aryl methyl sites for hydroxylation is 1. The molecule has 0 bridgehead atoms. The van der Waals surface area contributed by atoms with Gasteiger partial charge in [0, 0.05) is 13.2 Å². The first kappa shape index (κ1) is 13.9. The summed E-state index contributed by atoms with van der Waals surface area (Å²) in [5.41, 5.74) is 1.15. The highest BCUT2D eigenvalue weighted by Crippen LogP contribution is 2.18. The monoisotopic (exact) mass is 298 g/mol. The third kappa shape index (κ3) is 2.32. The van der Waals surface area contributed by atoms with Crippen molar-refractivity contribution in [2.45, 2.75) is 6.54 Å². The maximum Gasteiger partial charge on any atom is 0.329 e. The SMILES string of the molecule is Cn1c(=O)n(CC(=O)Nc2ncccc2O)c2ccccc21. The summed E-state index contributed by atoms with van der Waals surface area (Å²) in [6.07, 6.45) is 1.46. The van der Waals surface area contributed by atoms with Gasteiger partial charge in [-0.15, -0.1) is 0 Å². The van der Waals surface area contributed by atoms with Crippen LogP contribution in [0.4, 0.5) is 5.82 Å². The number of carbonyl (C=O) groups is 1. The highest BCUT2D eigenvalue weighted by atomic mass is 16.3. The minimum Gasteiger partial charge on any atom is -0.504 e. The second-order valence-electron chi connectivity index (χ2n) is 4.84. The van der Waals surface area contributed by atoms with E-state index in [4.69, 9.17) is 0 Å². The number of aromatic nitrogens is 3. The molecule has 7 nitrogen and oxygen atoms in total. The fraction of sp³-hybridized carbons (Fsp3) is 0.133. The lowest BCUT2D eigenvalue weighted by atomic mass is 10.3. The smallest absolute Gasteiger partial charge is 0.329 e. The van der Waals surface area contributed by atoms with Crippen molar-refractivity contribution in [3.8, 4) is 5.75 Å². The van der Waals surface area contributed by atoms with E-state index in [1.54, 1.807) is 25.2 Å². The van der Waals surface area contributed by atoms with Crippen molar-refractivity contribution in [3.63, 3.8) is 0 Å². The minimum atomic E-state index is -0.438. The summed E-state index contributed by atoms with van der Waals surface area (Å²) in [6, 6.07) is 10.2. The molecule has 0 atom stereocenters. The number of hydrogen-bond acceptors (Lipinski definition) is 4. The number of para-hydroxylation sites is 2. The van der Waals surface area contributed by atoms with Crippen LogP contribution in [0.25, 0.3) is 11.0 Å². The number of imidazole rings is 1. The quantitative estimate of drug-likeness (QED) is 0.757. The first-order valence-corrected chi connectivity index (χ1v) is 6.66. The summed E-state index contributed by atoms with van der Waals surface area (Å²) in [6.45, 7) is -0.157. The van der Waals surface area contributed by atoms with E-state index in [0.717, 1.165) is 5.52 Å². The zero-order valence-electron chi connectivity index (χ0n) is 11.9. The lowest BCUT2D eigenvalue weighted by molar-refractivity contribution is -0.116. The van der Waals surface area contributed by atoms with Gasteiger partial charge in [0.1, 0.15) is 6.54 Å². The number of fused-ring (bicyclic) bond motifs is 1. The molecule has 0 saturated heterocycles. The minimum absolute atomic E-state index is 0.0702. The van der Waals surface area contributed by atoms with Gasteiger partial charge in [0.25, 0.3) is 0 Å². The topological polar surface area (TPSA) is 89.2 Å². The third-order valence-corrected chi connectivity index (χ3v) is 3.40. The molecule has 0 aliphatic carbocycles. The molecule has 22 heavy (non-hydrogen) atoms. The lowest BCUT2D eigenvalue weighted by Gasteiger charge is -2.06. The van der Waals surface area contributed by atoms with Crippen LogP contribution in [0, 0.1) is 0 Å². The summed E-state index contributed by atoms with van der Waals surface area (Å²) in [4.78, 5) is 28.2. The summed E-state index contributed by atoms with van der Waals surface area (Å²) in [5.74, 6) is -0.491. The van der Waals surface area contributed by atoms with Crippen molar-refractivity contribution in [1.29, 1.82) is 0 Å². The van der Waals surface area contributed by atoms with E-state index >= 15 is 0 Å². The number of anilines is 1. The van der Waals surface area contributed by atoms with Gasteiger partial charge >= 0.3 is 5.69 Å². The van der Waals surface area contributed by atoms with Crippen LogP contribution < -0.4 is 11.0 Å². The molecule has 0 aliphatic heterocycles. The van der Waals surface area contributed by atoms with Gasteiger partial charge in [-0.2, -0.15) is 0 Å². The Balaban J connectivity index is 1.91. The van der Waals surface area contributed by atoms with Crippen LogP contribution in [-0.4, -0.2) is 25.1 Å². The van der Waals surface area contributed by atoms with E-state index in [9.17, 15) is 14.7 Å². The fourth-order valence-corrected chi connectivity index (χ4v) is 2.32. The predicted octanol–water partition coefficient (Wildman–Crippen LogP) is 1.08. The number of benzene rings is 1. The summed E-state index contributed by atoms with van der Waals surface area (Å²) >= 11 is 0. The first-order valence-electron chi connectivity index (χ1n) is 6.66. The number of pyridine rings is 1. The molecular formula is C15H14N4O3. The molecule has 2 aromatic heterocycles. The molecule has 1 aromatic carbocycles. The van der Waals surface area contributed by atoms with E-state index in [2.05, 4.69) is 10.3 Å². The molecule has 2 heterocycles. The van der Waals surface area contributed by atoms with Gasteiger partial charge in [0.2, 0.25) is 5.91 Å². The molecule has 0 aliphatic rings. The molecule has 0 spiro atoms. The number of amides is 1. The van der Waals surface area contributed by atoms with E-state index < -0.39 is 5.91 Å². The standard InChI is InChI=1S/C15H14N4O3/c1-18-10-5-2-3-6-11(10)19(15(18)22)9-13(21)17-14-12(20)7-4-8-16-14/h2-8,20H,9H2,1H3,(H,16,17,21). The van der Waals surface area contributed by atoms with E-state index in [1.807, 2.05) is 12.1 Å². The molecule has 0 saturated carbocycles. The Hall–Kier alpha value is -3.09. The van der Waals surface area contributed by atoms with Gasteiger partial charge in [0.15, 0.2) is 11.6 Å². The van der Waals surface area contributed by atoms with Crippen LogP contribution >= 0.6 is 0 Å². The van der Waals surface area contributed by atoms with Gasteiger partial charge in [-0.3, -0.25) is 13.9 Å². The van der Waals surface area contributed by atoms with Gasteiger partial charge in [-0.1, -0.05) is 12.1 Å². The zero-order valence-corrected chi connectivity index (χ0v) is 11.9. The van der Waals surface area contributed by atoms with Crippen molar-refractivity contribution in [3.05, 3.63) is 53.1 Å². The molecule has 2 N–H and O–H groups in total. The molecule has 7 heteroatoms. The largest absolute Gasteiger partial charge is 0.504 e. The summed E-state index contributed by atoms with van der Waals surface area (Å²) in [7, 11) is 1.66. The Labute approximate surface area is 125 Å². The molecule has 0 unspecified atom stereocenters. The van der Waals surface area contributed by atoms with Gasteiger partial charge in [-0.25, -0.2) is 9.78 Å². The number of hydrogen-bond donors (Lipinski definition) is 2. The normalized spacial score (nSPS) is 10.8. The predicted molar refractivity (Wildman–Crippen MR) is 81.7 cm³/mol. The molecule has 0 fully saturated rings. The van der Waals surface area contributed by atoms with Crippen molar-refractivity contribution >= 4 is 22.8 Å². The molecular weight excluding hydrogens is 284 g/mol. The van der Waals surface area contributed by atoms with E-state index in [1.165, 1.54) is 21.4 Å². The maximum absolute atomic E-state index is 12.2. The van der Waals surface area contributed by atoms with Crippen LogP contribution in [0.3, 0.4) is 0 Å². The second kappa shape index (κ2) is 5.36. The Kier molecular flexibility index (Phi) is 3.38. The zero-order chi connectivity index (χ0) is 15.7. The molecule has 0 radical (unpaired) electrons. The number of carbonyl (C=O) groups excluding carboxylic acids is 1. The Morgan fingerprint density at radius 3 is 2.68 bits per heavy atom. The van der Waals surface area contributed by atoms with Crippen molar-refractivity contribution in [1.82, 2.24) is 14.1 Å². The molecule has 1 amide bonds. The fourth-order valence-electron chi connectivity index (χ4n) is 2.32. The van der Waals surface area contributed by atoms with Gasteiger partial charge in [-0.05, 0) is 24.3 Å². The van der Waals surface area contributed by atoms with E-state index in [0.29, 0.717) is 5.52 Å². The highest BCUT2D eigenvalue weighted by molar-refractivity contribution is 5.91. The van der Waals surface area contributed by atoms with Crippen LogP contribution in [0.2, 0.25) is 0 Å². The summed E-state index contributed by atoms with van der Waals surface area (Å²) in [5, 5.41) is 12.1. The number of aromatic hydroxyl groups is 1. The molecule has 3 rings (SSSR count). The lowest BCUT2D eigenvalue weighted by Crippen LogP contribution is -2.28. The average molecular weight is 298 g/mol. The van der Waals surface area contributed by atoms with Crippen LogP contribution in [0.5, 0.6) is 5.75 Å². The molecule has 112 valence electrons. The second-order valence-corrected chi connectivity index (χ2v) is 4.84. The van der Waals surface area contributed by atoms with Crippen molar-refractivity contribution < 1.29 is 9.90 Å². The third-order valence-electron chi connectivity index (χ3n) is 3.40. The summed E-state index contributed by atoms with van der Waals surface area (Å²) < 4.78 is 2.87. The van der Waals surface area contributed by atoms with Crippen LogP contribution in [0.1, 0.15) is 0 Å².